The fraction of sp³-hybridized carbons (Fsp3) is 0.611. The van der Waals surface area contributed by atoms with Crippen LogP contribution >= 0.6 is 11.6 Å². The molecule has 0 aromatic carbocycles. The maximum atomic E-state index is 12.6. The molecule has 0 saturated carbocycles. The Labute approximate surface area is 172 Å². The third-order valence-electron chi connectivity index (χ3n) is 4.26. The van der Waals surface area contributed by atoms with E-state index in [-0.39, 0.29) is 36.0 Å². The molecule has 0 bridgehead atoms. The van der Waals surface area contributed by atoms with E-state index in [1.165, 1.54) is 0 Å². The maximum absolute atomic E-state index is 12.6. The lowest BCUT2D eigenvalue weighted by atomic mass is 10.3. The molecule has 11 heteroatoms. The Morgan fingerprint density at radius 3 is 2.83 bits per heavy atom. The van der Waals surface area contributed by atoms with Crippen LogP contribution in [0.3, 0.4) is 0 Å². The molecule has 7 nitrogen and oxygen atoms in total. The van der Waals surface area contributed by atoms with Gasteiger partial charge < -0.3 is 20.3 Å². The van der Waals surface area contributed by atoms with Crippen molar-refractivity contribution in [1.82, 2.24) is 20.5 Å². The standard InChI is InChI=1S/C18H25ClF3N5O2/c1-3-15(28)27-7-5-13(11-27)26-17(23-4-2)24-6-8-29-16-14(19)9-12(10-25-16)18(20,21)22/h9-10,13H,3-8,11H2,1-2H3,(H2,23,24,26). The summed E-state index contributed by atoms with van der Waals surface area (Å²) in [6.45, 7) is 6.11. The van der Waals surface area contributed by atoms with Gasteiger partial charge in [0.15, 0.2) is 5.96 Å². The Morgan fingerprint density at radius 1 is 1.45 bits per heavy atom. The summed E-state index contributed by atoms with van der Waals surface area (Å²) in [5, 5.41) is 6.19. The van der Waals surface area contributed by atoms with E-state index in [4.69, 9.17) is 16.3 Å². The van der Waals surface area contributed by atoms with Crippen LogP contribution in [0.1, 0.15) is 32.3 Å². The number of hydrogen-bond acceptors (Lipinski definition) is 4. The second kappa shape index (κ2) is 10.5. The van der Waals surface area contributed by atoms with Crippen LogP contribution in [0, 0.1) is 0 Å². The minimum Gasteiger partial charge on any atom is -0.475 e. The van der Waals surface area contributed by atoms with E-state index in [0.29, 0.717) is 38.2 Å². The van der Waals surface area contributed by atoms with Crippen LogP contribution in [-0.4, -0.2) is 60.6 Å². The van der Waals surface area contributed by atoms with E-state index in [2.05, 4.69) is 20.6 Å². The third kappa shape index (κ3) is 6.95. The van der Waals surface area contributed by atoms with E-state index in [0.717, 1.165) is 12.5 Å². The number of hydrogen-bond donors (Lipinski definition) is 2. The van der Waals surface area contributed by atoms with Crippen molar-refractivity contribution in [2.45, 2.75) is 38.9 Å². The van der Waals surface area contributed by atoms with Crippen LogP contribution in [0.2, 0.25) is 5.02 Å². The summed E-state index contributed by atoms with van der Waals surface area (Å²) in [7, 11) is 0. The maximum Gasteiger partial charge on any atom is 0.417 e. The lowest BCUT2D eigenvalue weighted by molar-refractivity contribution is -0.137. The Balaban J connectivity index is 1.86. The molecule has 0 spiro atoms. The van der Waals surface area contributed by atoms with Crippen molar-refractivity contribution in [2.24, 2.45) is 4.99 Å². The fourth-order valence-corrected chi connectivity index (χ4v) is 3.05. The number of rotatable bonds is 7. The van der Waals surface area contributed by atoms with E-state index in [9.17, 15) is 18.0 Å². The van der Waals surface area contributed by atoms with E-state index >= 15 is 0 Å². The van der Waals surface area contributed by atoms with Crippen molar-refractivity contribution in [2.75, 3.05) is 32.8 Å². The summed E-state index contributed by atoms with van der Waals surface area (Å²) < 4.78 is 43.2. The van der Waals surface area contributed by atoms with Gasteiger partial charge in [-0.3, -0.25) is 4.79 Å². The minimum absolute atomic E-state index is 0.0719. The normalized spacial score (nSPS) is 17.4. The summed E-state index contributed by atoms with van der Waals surface area (Å²) in [6, 6.07) is 0.887. The number of guanidine groups is 1. The lowest BCUT2D eigenvalue weighted by Gasteiger charge is -2.18. The molecular weight excluding hydrogens is 411 g/mol. The number of ether oxygens (including phenoxy) is 1. The second-order valence-electron chi connectivity index (χ2n) is 6.44. The van der Waals surface area contributed by atoms with Gasteiger partial charge in [0.25, 0.3) is 0 Å². The Morgan fingerprint density at radius 2 is 2.21 bits per heavy atom. The number of aliphatic imine (C=N–C) groups is 1. The zero-order valence-electron chi connectivity index (χ0n) is 16.4. The van der Waals surface area contributed by atoms with E-state index in [1.54, 1.807) is 0 Å². The summed E-state index contributed by atoms with van der Waals surface area (Å²) in [4.78, 5) is 21.6. The molecule has 0 radical (unpaired) electrons. The van der Waals surface area contributed by atoms with Gasteiger partial charge in [0.1, 0.15) is 11.6 Å². The molecule has 1 fully saturated rings. The molecule has 1 atom stereocenters. The molecule has 1 aliphatic rings. The number of halogens is 4. The van der Waals surface area contributed by atoms with Crippen LogP contribution in [0.15, 0.2) is 17.3 Å². The SMILES string of the molecule is CCNC(=NCCOc1ncc(C(F)(F)F)cc1Cl)NC1CCN(C(=O)CC)C1. The summed E-state index contributed by atoms with van der Waals surface area (Å²) in [6.07, 6.45) is -2.51. The third-order valence-corrected chi connectivity index (χ3v) is 4.53. The van der Waals surface area contributed by atoms with Crippen LogP contribution < -0.4 is 15.4 Å². The number of likely N-dealkylation sites (tertiary alicyclic amines) is 1. The van der Waals surface area contributed by atoms with Crippen LogP contribution in [0.25, 0.3) is 0 Å². The summed E-state index contributed by atoms with van der Waals surface area (Å²) in [5.41, 5.74) is -0.932. The van der Waals surface area contributed by atoms with Crippen molar-refractivity contribution >= 4 is 23.5 Å². The highest BCUT2D eigenvalue weighted by atomic mass is 35.5. The van der Waals surface area contributed by atoms with Gasteiger partial charge in [0.05, 0.1) is 12.1 Å². The van der Waals surface area contributed by atoms with Gasteiger partial charge in [-0.1, -0.05) is 18.5 Å². The predicted molar refractivity (Wildman–Crippen MR) is 104 cm³/mol. The van der Waals surface area contributed by atoms with Gasteiger partial charge in [0.2, 0.25) is 11.8 Å². The van der Waals surface area contributed by atoms with E-state index < -0.39 is 11.7 Å². The van der Waals surface area contributed by atoms with Gasteiger partial charge in [-0.2, -0.15) is 13.2 Å². The summed E-state index contributed by atoms with van der Waals surface area (Å²) >= 11 is 5.81. The first kappa shape index (κ1) is 23.1. The molecule has 1 amide bonds. The quantitative estimate of drug-likeness (QED) is 0.391. The highest BCUT2D eigenvalue weighted by Gasteiger charge is 2.31. The summed E-state index contributed by atoms with van der Waals surface area (Å²) in [5.74, 6) is 0.640. The molecule has 2 N–H and O–H groups in total. The van der Waals surface area contributed by atoms with Crippen LogP contribution in [0.5, 0.6) is 5.88 Å². The molecular formula is C18H25ClF3N5O2. The number of amides is 1. The highest BCUT2D eigenvalue weighted by molar-refractivity contribution is 6.31. The Bertz CT molecular complexity index is 730. The Hall–Kier alpha value is -2.23. The first-order chi connectivity index (χ1) is 13.7. The molecule has 1 aliphatic heterocycles. The lowest BCUT2D eigenvalue weighted by Crippen LogP contribution is -2.45. The topological polar surface area (TPSA) is 78.9 Å². The smallest absolute Gasteiger partial charge is 0.417 e. The first-order valence-corrected chi connectivity index (χ1v) is 9.80. The first-order valence-electron chi connectivity index (χ1n) is 9.42. The van der Waals surface area contributed by atoms with Gasteiger partial charge in [-0.05, 0) is 19.4 Å². The van der Waals surface area contributed by atoms with Crippen molar-refractivity contribution in [1.29, 1.82) is 0 Å². The van der Waals surface area contributed by atoms with Gasteiger partial charge in [-0.25, -0.2) is 9.98 Å². The number of carbonyl (C=O) groups excluding carboxylic acids is 1. The molecule has 1 saturated heterocycles. The van der Waals surface area contributed by atoms with Crippen molar-refractivity contribution in [3.63, 3.8) is 0 Å². The Kier molecular flexibility index (Phi) is 8.36. The van der Waals surface area contributed by atoms with Crippen LogP contribution in [-0.2, 0) is 11.0 Å². The average Bonchev–Trinajstić information content (AvgIpc) is 3.13. The average molecular weight is 436 g/mol. The predicted octanol–water partition coefficient (Wildman–Crippen LogP) is 2.70. The second-order valence-corrected chi connectivity index (χ2v) is 6.85. The molecule has 1 unspecified atom stereocenters. The van der Waals surface area contributed by atoms with Crippen molar-refractivity contribution in [3.8, 4) is 5.88 Å². The minimum atomic E-state index is -4.51. The number of alkyl halides is 3. The van der Waals surface area contributed by atoms with Crippen molar-refractivity contribution in [3.05, 3.63) is 22.8 Å². The number of aromatic nitrogens is 1. The number of pyridine rings is 1. The monoisotopic (exact) mass is 435 g/mol. The zero-order valence-corrected chi connectivity index (χ0v) is 17.1. The molecule has 1 aromatic rings. The van der Waals surface area contributed by atoms with Gasteiger partial charge in [0, 0.05) is 38.3 Å². The van der Waals surface area contributed by atoms with Crippen molar-refractivity contribution < 1.29 is 22.7 Å². The molecule has 2 heterocycles. The van der Waals surface area contributed by atoms with E-state index in [1.807, 2.05) is 18.7 Å². The number of carbonyl (C=O) groups is 1. The zero-order chi connectivity index (χ0) is 21.4. The number of nitrogens with zero attached hydrogens (tertiary/aromatic N) is 3. The van der Waals surface area contributed by atoms with Gasteiger partial charge >= 0.3 is 6.18 Å². The molecule has 162 valence electrons. The molecule has 1 aromatic heterocycles. The molecule has 29 heavy (non-hydrogen) atoms. The molecule has 0 aliphatic carbocycles. The van der Waals surface area contributed by atoms with Gasteiger partial charge in [-0.15, -0.1) is 0 Å². The molecule has 2 rings (SSSR count). The fourth-order valence-electron chi connectivity index (χ4n) is 2.83. The number of nitrogens with one attached hydrogen (secondary N) is 2. The largest absolute Gasteiger partial charge is 0.475 e. The van der Waals surface area contributed by atoms with Crippen LogP contribution in [0.4, 0.5) is 13.2 Å². The highest BCUT2D eigenvalue weighted by Crippen LogP contribution is 2.33.